The van der Waals surface area contributed by atoms with E-state index in [0.29, 0.717) is 13.2 Å². The summed E-state index contributed by atoms with van der Waals surface area (Å²) in [6.07, 6.45) is 1.51. The highest BCUT2D eigenvalue weighted by molar-refractivity contribution is 5.81. The molecule has 1 fully saturated rings. The molecule has 1 aliphatic carbocycles. The van der Waals surface area contributed by atoms with Gasteiger partial charge >= 0.3 is 5.97 Å². The fraction of sp³-hybridized carbons (Fsp3) is 0.500. The van der Waals surface area contributed by atoms with Crippen molar-refractivity contribution in [2.75, 3.05) is 26.3 Å². The van der Waals surface area contributed by atoms with Gasteiger partial charge in [-0.2, -0.15) is 0 Å². The Hall–Kier alpha value is -1.88. The Labute approximate surface area is 123 Å². The van der Waals surface area contributed by atoms with E-state index in [4.69, 9.17) is 9.84 Å². The highest BCUT2D eigenvalue weighted by Crippen LogP contribution is 2.28. The molecule has 5 heteroatoms. The molecule has 0 saturated carbocycles. The lowest BCUT2D eigenvalue weighted by Gasteiger charge is -2.25. The van der Waals surface area contributed by atoms with Gasteiger partial charge in [0.15, 0.2) is 0 Å². The summed E-state index contributed by atoms with van der Waals surface area (Å²) in [4.78, 5) is 25.5. The Morgan fingerprint density at radius 3 is 2.43 bits per heavy atom. The van der Waals surface area contributed by atoms with Crippen LogP contribution in [0, 0.1) is 11.8 Å². The largest absolute Gasteiger partial charge is 0.481 e. The Kier molecular flexibility index (Phi) is 3.92. The minimum atomic E-state index is -0.899. The summed E-state index contributed by atoms with van der Waals surface area (Å²) in [5.74, 6) is -1.53. The molecule has 1 aromatic rings. The molecule has 0 bridgehead atoms. The van der Waals surface area contributed by atoms with Crippen molar-refractivity contribution >= 4 is 11.9 Å². The highest BCUT2D eigenvalue weighted by Gasteiger charge is 2.33. The molecular formula is C16H19NO4. The number of carboxylic acid groups (broad SMARTS) is 1. The van der Waals surface area contributed by atoms with Crippen LogP contribution in [0.5, 0.6) is 0 Å². The van der Waals surface area contributed by atoms with Crippen LogP contribution in [0.4, 0.5) is 0 Å². The van der Waals surface area contributed by atoms with Crippen molar-refractivity contribution in [1.82, 2.24) is 4.90 Å². The van der Waals surface area contributed by atoms with Crippen LogP contribution in [0.1, 0.15) is 11.1 Å². The van der Waals surface area contributed by atoms with E-state index in [-0.39, 0.29) is 25.0 Å². The first-order valence-corrected chi connectivity index (χ1v) is 7.31. The van der Waals surface area contributed by atoms with Gasteiger partial charge in [0.2, 0.25) is 5.91 Å². The number of aliphatic carboxylic acids is 1. The maximum atomic E-state index is 12.7. The zero-order valence-electron chi connectivity index (χ0n) is 11.8. The molecule has 1 aromatic carbocycles. The second kappa shape index (κ2) is 5.85. The third kappa shape index (κ3) is 2.93. The van der Waals surface area contributed by atoms with Gasteiger partial charge in [0, 0.05) is 19.0 Å². The third-order valence-corrected chi connectivity index (χ3v) is 4.33. The number of ether oxygens (including phenoxy) is 1. The van der Waals surface area contributed by atoms with E-state index in [0.717, 1.165) is 12.8 Å². The van der Waals surface area contributed by atoms with E-state index in [1.165, 1.54) is 11.1 Å². The van der Waals surface area contributed by atoms with E-state index >= 15 is 0 Å². The molecule has 112 valence electrons. The van der Waals surface area contributed by atoms with Crippen LogP contribution in [-0.4, -0.2) is 48.2 Å². The monoisotopic (exact) mass is 289 g/mol. The van der Waals surface area contributed by atoms with E-state index < -0.39 is 11.9 Å². The normalized spacial score (nSPS) is 22.7. The molecule has 1 N–H and O–H groups in total. The maximum absolute atomic E-state index is 12.7. The van der Waals surface area contributed by atoms with E-state index in [2.05, 4.69) is 12.1 Å². The number of rotatable bonds is 2. The smallest absolute Gasteiger partial charge is 0.310 e. The van der Waals surface area contributed by atoms with Gasteiger partial charge in [0.25, 0.3) is 0 Å². The summed E-state index contributed by atoms with van der Waals surface area (Å²) in [7, 11) is 0. The van der Waals surface area contributed by atoms with Crippen LogP contribution >= 0.6 is 0 Å². The fourth-order valence-electron chi connectivity index (χ4n) is 3.15. The molecular weight excluding hydrogens is 270 g/mol. The SMILES string of the molecule is O=C(O)C1COCCN(C(=O)C2Cc3ccccc3C2)C1. The Bertz CT molecular complexity index is 532. The molecule has 1 aliphatic heterocycles. The molecule has 1 saturated heterocycles. The van der Waals surface area contributed by atoms with Crippen LogP contribution < -0.4 is 0 Å². The van der Waals surface area contributed by atoms with Gasteiger partial charge in [0.05, 0.1) is 19.1 Å². The number of benzene rings is 1. The average molecular weight is 289 g/mol. The lowest BCUT2D eigenvalue weighted by Crippen LogP contribution is -2.41. The first-order valence-electron chi connectivity index (χ1n) is 7.31. The zero-order chi connectivity index (χ0) is 14.8. The number of hydrogen-bond donors (Lipinski definition) is 1. The Morgan fingerprint density at radius 1 is 1.14 bits per heavy atom. The summed E-state index contributed by atoms with van der Waals surface area (Å²) in [6, 6.07) is 8.11. The first kappa shape index (κ1) is 14.1. The molecule has 1 atom stereocenters. The van der Waals surface area contributed by atoms with Crippen LogP contribution in [0.25, 0.3) is 0 Å². The molecule has 0 aromatic heterocycles. The number of hydrogen-bond acceptors (Lipinski definition) is 3. The number of carbonyl (C=O) groups excluding carboxylic acids is 1. The number of nitrogens with zero attached hydrogens (tertiary/aromatic N) is 1. The number of fused-ring (bicyclic) bond motifs is 1. The van der Waals surface area contributed by atoms with Crippen LogP contribution in [0.15, 0.2) is 24.3 Å². The lowest BCUT2D eigenvalue weighted by molar-refractivity contribution is -0.144. The lowest BCUT2D eigenvalue weighted by atomic mass is 10.0. The highest BCUT2D eigenvalue weighted by atomic mass is 16.5. The third-order valence-electron chi connectivity index (χ3n) is 4.33. The second-order valence-corrected chi connectivity index (χ2v) is 5.77. The molecule has 3 rings (SSSR count). The van der Waals surface area contributed by atoms with Gasteiger partial charge in [-0.1, -0.05) is 24.3 Å². The minimum absolute atomic E-state index is 0.0583. The number of carboxylic acids is 1. The number of carbonyl (C=O) groups is 2. The zero-order valence-corrected chi connectivity index (χ0v) is 11.8. The van der Waals surface area contributed by atoms with Crippen LogP contribution in [0.2, 0.25) is 0 Å². The summed E-state index contributed by atoms with van der Waals surface area (Å²) < 4.78 is 5.30. The summed E-state index contributed by atoms with van der Waals surface area (Å²) in [5.41, 5.74) is 2.47. The summed E-state index contributed by atoms with van der Waals surface area (Å²) >= 11 is 0. The van der Waals surface area contributed by atoms with Crippen molar-refractivity contribution in [2.45, 2.75) is 12.8 Å². The topological polar surface area (TPSA) is 66.8 Å². The van der Waals surface area contributed by atoms with Crippen LogP contribution in [-0.2, 0) is 27.2 Å². The molecule has 21 heavy (non-hydrogen) atoms. The summed E-state index contributed by atoms with van der Waals surface area (Å²) in [5, 5.41) is 9.15. The molecule has 1 heterocycles. The van der Waals surface area contributed by atoms with Gasteiger partial charge in [-0.25, -0.2) is 0 Å². The molecule has 2 aliphatic rings. The standard InChI is InChI=1S/C16H19NO4/c18-15(13-7-11-3-1-2-4-12(11)8-13)17-5-6-21-10-14(9-17)16(19)20/h1-4,13-14H,5-10H2,(H,19,20). The molecule has 0 spiro atoms. The van der Waals surface area contributed by atoms with E-state index in [1.54, 1.807) is 4.90 Å². The van der Waals surface area contributed by atoms with E-state index in [1.807, 2.05) is 12.1 Å². The van der Waals surface area contributed by atoms with Crippen LogP contribution in [0.3, 0.4) is 0 Å². The number of amides is 1. The first-order chi connectivity index (χ1) is 10.1. The predicted octanol–water partition coefficient (Wildman–Crippen LogP) is 0.961. The summed E-state index contributed by atoms with van der Waals surface area (Å²) in [6.45, 7) is 1.33. The fourth-order valence-corrected chi connectivity index (χ4v) is 3.15. The minimum Gasteiger partial charge on any atom is -0.481 e. The van der Waals surface area contributed by atoms with Crippen molar-refractivity contribution in [3.05, 3.63) is 35.4 Å². The Morgan fingerprint density at radius 2 is 1.81 bits per heavy atom. The van der Waals surface area contributed by atoms with Crippen molar-refractivity contribution in [1.29, 1.82) is 0 Å². The van der Waals surface area contributed by atoms with Gasteiger partial charge in [-0.3, -0.25) is 9.59 Å². The van der Waals surface area contributed by atoms with Gasteiger partial charge < -0.3 is 14.7 Å². The molecule has 0 radical (unpaired) electrons. The van der Waals surface area contributed by atoms with E-state index in [9.17, 15) is 9.59 Å². The van der Waals surface area contributed by atoms with Crippen molar-refractivity contribution in [3.8, 4) is 0 Å². The molecule has 5 nitrogen and oxygen atoms in total. The molecule has 1 unspecified atom stereocenters. The van der Waals surface area contributed by atoms with Gasteiger partial charge in [0.1, 0.15) is 0 Å². The quantitative estimate of drug-likeness (QED) is 0.880. The van der Waals surface area contributed by atoms with Gasteiger partial charge in [-0.05, 0) is 24.0 Å². The molecule has 1 amide bonds. The second-order valence-electron chi connectivity index (χ2n) is 5.77. The van der Waals surface area contributed by atoms with Gasteiger partial charge in [-0.15, -0.1) is 0 Å². The average Bonchev–Trinajstić information content (AvgIpc) is 2.75. The predicted molar refractivity (Wildman–Crippen MR) is 75.9 cm³/mol. The Balaban J connectivity index is 1.69. The van der Waals surface area contributed by atoms with Crippen molar-refractivity contribution < 1.29 is 19.4 Å². The maximum Gasteiger partial charge on any atom is 0.310 e. The van der Waals surface area contributed by atoms with Crippen molar-refractivity contribution in [2.24, 2.45) is 11.8 Å². The van der Waals surface area contributed by atoms with Crippen molar-refractivity contribution in [3.63, 3.8) is 0 Å².